The number of thioether (sulfide) groups is 1. The SMILES string of the molecule is CC1CC1Nc1cncc(SCc2ccccc2)n1. The van der Waals surface area contributed by atoms with E-state index >= 15 is 0 Å². The van der Waals surface area contributed by atoms with Crippen LogP contribution in [0, 0.1) is 5.92 Å². The van der Waals surface area contributed by atoms with E-state index < -0.39 is 0 Å². The third kappa shape index (κ3) is 3.47. The van der Waals surface area contributed by atoms with Crippen molar-refractivity contribution in [2.24, 2.45) is 5.92 Å². The zero-order valence-electron chi connectivity index (χ0n) is 10.9. The first-order valence-corrected chi connectivity index (χ1v) is 7.55. The minimum absolute atomic E-state index is 0.587. The summed E-state index contributed by atoms with van der Waals surface area (Å²) in [7, 11) is 0. The van der Waals surface area contributed by atoms with Crippen LogP contribution in [0.25, 0.3) is 0 Å². The van der Waals surface area contributed by atoms with Gasteiger partial charge in [-0.25, -0.2) is 4.98 Å². The molecule has 1 N–H and O–H groups in total. The highest BCUT2D eigenvalue weighted by Gasteiger charge is 2.32. The van der Waals surface area contributed by atoms with Gasteiger partial charge in [0.2, 0.25) is 0 Å². The molecule has 0 spiro atoms. The van der Waals surface area contributed by atoms with Crippen LogP contribution < -0.4 is 5.32 Å². The fourth-order valence-electron chi connectivity index (χ4n) is 1.93. The van der Waals surface area contributed by atoms with E-state index in [9.17, 15) is 0 Å². The number of aromatic nitrogens is 2. The van der Waals surface area contributed by atoms with Crippen molar-refractivity contribution in [1.82, 2.24) is 9.97 Å². The molecule has 1 aliphatic rings. The number of anilines is 1. The Balaban J connectivity index is 1.60. The van der Waals surface area contributed by atoms with Crippen molar-refractivity contribution in [2.45, 2.75) is 30.2 Å². The molecule has 3 rings (SSSR count). The molecule has 2 aromatic rings. The van der Waals surface area contributed by atoms with Crippen LogP contribution in [0.1, 0.15) is 18.9 Å². The molecule has 3 nitrogen and oxygen atoms in total. The van der Waals surface area contributed by atoms with Gasteiger partial charge < -0.3 is 5.32 Å². The van der Waals surface area contributed by atoms with Gasteiger partial charge in [-0.05, 0) is 17.9 Å². The van der Waals surface area contributed by atoms with Crippen LogP contribution in [0.2, 0.25) is 0 Å². The smallest absolute Gasteiger partial charge is 0.146 e. The topological polar surface area (TPSA) is 37.8 Å². The molecule has 0 amide bonds. The fourth-order valence-corrected chi connectivity index (χ4v) is 2.74. The predicted octanol–water partition coefficient (Wildman–Crippen LogP) is 3.59. The zero-order chi connectivity index (χ0) is 13.1. The first-order chi connectivity index (χ1) is 9.31. The molecule has 1 fully saturated rings. The van der Waals surface area contributed by atoms with Gasteiger partial charge in [0.15, 0.2) is 0 Å². The maximum absolute atomic E-state index is 4.59. The lowest BCUT2D eigenvalue weighted by molar-refractivity contribution is 0.913. The Morgan fingerprint density at radius 2 is 2.05 bits per heavy atom. The molecular formula is C15H17N3S. The summed E-state index contributed by atoms with van der Waals surface area (Å²) in [5.41, 5.74) is 1.31. The van der Waals surface area contributed by atoms with Gasteiger partial charge in [-0.1, -0.05) is 37.3 Å². The molecule has 98 valence electrons. The highest BCUT2D eigenvalue weighted by Crippen LogP contribution is 2.32. The standard InChI is InChI=1S/C15H17N3S/c1-11-7-13(11)17-14-8-16-9-15(18-14)19-10-12-5-3-2-4-6-12/h2-6,8-9,11,13H,7,10H2,1H3,(H,17,18). The van der Waals surface area contributed by atoms with E-state index in [2.05, 4.69) is 46.5 Å². The number of nitrogens with zero attached hydrogens (tertiary/aromatic N) is 2. The van der Waals surface area contributed by atoms with Gasteiger partial charge in [0, 0.05) is 11.8 Å². The van der Waals surface area contributed by atoms with Crippen LogP contribution >= 0.6 is 11.8 Å². The Hall–Kier alpha value is -1.55. The Bertz CT molecular complexity index is 544. The molecule has 4 heteroatoms. The number of benzene rings is 1. The number of hydrogen-bond acceptors (Lipinski definition) is 4. The van der Waals surface area contributed by atoms with Crippen molar-refractivity contribution in [3.63, 3.8) is 0 Å². The van der Waals surface area contributed by atoms with E-state index in [4.69, 9.17) is 0 Å². The van der Waals surface area contributed by atoms with Gasteiger partial charge in [-0.2, -0.15) is 0 Å². The van der Waals surface area contributed by atoms with Crippen LogP contribution in [-0.4, -0.2) is 16.0 Å². The van der Waals surface area contributed by atoms with E-state index in [-0.39, 0.29) is 0 Å². The first-order valence-electron chi connectivity index (χ1n) is 6.56. The molecule has 1 aromatic carbocycles. The second kappa shape index (κ2) is 5.61. The van der Waals surface area contributed by atoms with Crippen LogP contribution in [0.3, 0.4) is 0 Å². The van der Waals surface area contributed by atoms with Crippen molar-refractivity contribution < 1.29 is 0 Å². The van der Waals surface area contributed by atoms with E-state index in [1.165, 1.54) is 12.0 Å². The summed E-state index contributed by atoms with van der Waals surface area (Å²) < 4.78 is 0. The summed E-state index contributed by atoms with van der Waals surface area (Å²) in [6.07, 6.45) is 4.87. The second-order valence-electron chi connectivity index (χ2n) is 4.98. The molecule has 1 aromatic heterocycles. The quantitative estimate of drug-likeness (QED) is 0.843. The zero-order valence-corrected chi connectivity index (χ0v) is 11.7. The summed E-state index contributed by atoms with van der Waals surface area (Å²) in [5, 5.41) is 4.39. The Labute approximate surface area is 117 Å². The van der Waals surface area contributed by atoms with E-state index in [0.29, 0.717) is 6.04 Å². The lowest BCUT2D eigenvalue weighted by Crippen LogP contribution is -2.05. The molecule has 0 saturated heterocycles. The normalized spacial score (nSPS) is 21.1. The number of rotatable bonds is 5. The summed E-state index contributed by atoms with van der Waals surface area (Å²) >= 11 is 1.72. The van der Waals surface area contributed by atoms with Gasteiger partial charge in [-0.15, -0.1) is 11.8 Å². The average Bonchev–Trinajstić information content (AvgIpc) is 3.13. The monoisotopic (exact) mass is 271 g/mol. The molecule has 0 aliphatic heterocycles. The van der Waals surface area contributed by atoms with Gasteiger partial charge in [0.25, 0.3) is 0 Å². The second-order valence-corrected chi connectivity index (χ2v) is 5.98. The lowest BCUT2D eigenvalue weighted by Gasteiger charge is -2.06. The third-order valence-corrected chi connectivity index (χ3v) is 4.25. The van der Waals surface area contributed by atoms with Gasteiger partial charge in [0.05, 0.1) is 12.4 Å². The predicted molar refractivity (Wildman–Crippen MR) is 79.2 cm³/mol. The molecule has 19 heavy (non-hydrogen) atoms. The van der Waals surface area contributed by atoms with Crippen LogP contribution in [0.4, 0.5) is 5.82 Å². The molecule has 2 unspecified atom stereocenters. The molecule has 1 saturated carbocycles. The fraction of sp³-hybridized carbons (Fsp3) is 0.333. The van der Waals surface area contributed by atoms with Gasteiger partial charge in [-0.3, -0.25) is 4.98 Å². The number of hydrogen-bond donors (Lipinski definition) is 1. The van der Waals surface area contributed by atoms with Crippen LogP contribution in [0.5, 0.6) is 0 Å². The first kappa shape index (κ1) is 12.5. The highest BCUT2D eigenvalue weighted by molar-refractivity contribution is 7.98. The minimum atomic E-state index is 0.587. The Kier molecular flexibility index (Phi) is 3.69. The molecule has 0 radical (unpaired) electrons. The van der Waals surface area contributed by atoms with Crippen molar-refractivity contribution >= 4 is 17.6 Å². The summed E-state index contributed by atoms with van der Waals surface area (Å²) in [5.74, 6) is 2.59. The molecule has 1 aliphatic carbocycles. The van der Waals surface area contributed by atoms with E-state index in [1.54, 1.807) is 18.0 Å². The summed E-state index contributed by atoms with van der Waals surface area (Å²) in [4.78, 5) is 8.85. The minimum Gasteiger partial charge on any atom is -0.366 e. The summed E-state index contributed by atoms with van der Waals surface area (Å²) in [6.45, 7) is 2.25. The number of nitrogens with one attached hydrogen (secondary N) is 1. The molecule has 2 atom stereocenters. The van der Waals surface area contributed by atoms with E-state index in [0.717, 1.165) is 22.5 Å². The van der Waals surface area contributed by atoms with Crippen molar-refractivity contribution in [3.8, 4) is 0 Å². The maximum atomic E-state index is 4.59. The van der Waals surface area contributed by atoms with Gasteiger partial charge in [0.1, 0.15) is 10.8 Å². The van der Waals surface area contributed by atoms with Crippen molar-refractivity contribution in [1.29, 1.82) is 0 Å². The van der Waals surface area contributed by atoms with Crippen molar-refractivity contribution in [2.75, 3.05) is 5.32 Å². The van der Waals surface area contributed by atoms with Crippen LogP contribution in [-0.2, 0) is 5.75 Å². The largest absolute Gasteiger partial charge is 0.366 e. The Morgan fingerprint density at radius 1 is 1.26 bits per heavy atom. The van der Waals surface area contributed by atoms with Gasteiger partial charge >= 0.3 is 0 Å². The summed E-state index contributed by atoms with van der Waals surface area (Å²) in [6, 6.07) is 11.0. The highest BCUT2D eigenvalue weighted by atomic mass is 32.2. The van der Waals surface area contributed by atoms with Crippen molar-refractivity contribution in [3.05, 3.63) is 48.3 Å². The Morgan fingerprint density at radius 3 is 2.79 bits per heavy atom. The molecule has 0 bridgehead atoms. The molecular weight excluding hydrogens is 254 g/mol. The maximum Gasteiger partial charge on any atom is 0.146 e. The van der Waals surface area contributed by atoms with E-state index in [1.807, 2.05) is 12.3 Å². The molecule has 1 heterocycles. The average molecular weight is 271 g/mol. The third-order valence-electron chi connectivity index (χ3n) is 3.28. The van der Waals surface area contributed by atoms with Crippen LogP contribution in [0.15, 0.2) is 47.8 Å². The lowest BCUT2D eigenvalue weighted by atomic mass is 10.2.